The molecule has 1 amide bonds. The minimum Gasteiger partial charge on any atom is -0.352 e. The van der Waals surface area contributed by atoms with Crippen LogP contribution >= 0.6 is 0 Å². The summed E-state index contributed by atoms with van der Waals surface area (Å²) in [4.78, 5) is 14.6. The quantitative estimate of drug-likeness (QED) is 0.780. The molecule has 3 heteroatoms. The summed E-state index contributed by atoms with van der Waals surface area (Å²) >= 11 is 0. The van der Waals surface area contributed by atoms with Crippen molar-refractivity contribution in [3.8, 4) is 0 Å². The van der Waals surface area contributed by atoms with Crippen molar-refractivity contribution in [2.24, 2.45) is 0 Å². The number of hydrogen-bond donors (Lipinski definition) is 1. The Hall–Kier alpha value is -1.35. The highest BCUT2D eigenvalue weighted by Crippen LogP contribution is 2.22. The third-order valence-electron chi connectivity index (χ3n) is 3.82. The molecule has 21 heavy (non-hydrogen) atoms. The molecule has 0 bridgehead atoms. The first-order valence-corrected chi connectivity index (χ1v) is 7.99. The highest BCUT2D eigenvalue weighted by Gasteiger charge is 2.15. The molecule has 0 aromatic heterocycles. The number of carbonyl (C=O) groups is 1. The van der Waals surface area contributed by atoms with Crippen molar-refractivity contribution >= 4 is 5.91 Å². The molecular formula is C18H30N2O. The van der Waals surface area contributed by atoms with Crippen LogP contribution in [-0.2, 0) is 5.41 Å². The van der Waals surface area contributed by atoms with E-state index >= 15 is 0 Å². The fourth-order valence-corrected chi connectivity index (χ4v) is 2.27. The van der Waals surface area contributed by atoms with E-state index in [4.69, 9.17) is 0 Å². The lowest BCUT2D eigenvalue weighted by Crippen LogP contribution is -2.30. The predicted octanol–water partition coefficient (Wildman–Crippen LogP) is 3.45. The van der Waals surface area contributed by atoms with Crippen LogP contribution in [0.3, 0.4) is 0 Å². The molecule has 118 valence electrons. The summed E-state index contributed by atoms with van der Waals surface area (Å²) in [5.41, 5.74) is 2.02. The van der Waals surface area contributed by atoms with Gasteiger partial charge < -0.3 is 10.2 Å². The third kappa shape index (κ3) is 5.88. The van der Waals surface area contributed by atoms with Crippen LogP contribution in [0.25, 0.3) is 0 Å². The van der Waals surface area contributed by atoms with Crippen LogP contribution < -0.4 is 5.32 Å². The molecule has 1 aromatic rings. The molecule has 0 aliphatic carbocycles. The monoisotopic (exact) mass is 290 g/mol. The Balaban J connectivity index is 2.49. The molecule has 0 atom stereocenters. The van der Waals surface area contributed by atoms with Crippen molar-refractivity contribution in [1.82, 2.24) is 10.2 Å². The van der Waals surface area contributed by atoms with Gasteiger partial charge in [0, 0.05) is 12.1 Å². The Morgan fingerprint density at radius 3 is 2.43 bits per heavy atom. The van der Waals surface area contributed by atoms with E-state index in [9.17, 15) is 4.79 Å². The van der Waals surface area contributed by atoms with E-state index in [0.717, 1.165) is 38.2 Å². The lowest BCUT2D eigenvalue weighted by Gasteiger charge is -2.20. The smallest absolute Gasteiger partial charge is 0.251 e. The van der Waals surface area contributed by atoms with E-state index in [-0.39, 0.29) is 11.3 Å². The van der Waals surface area contributed by atoms with Crippen molar-refractivity contribution in [3.05, 3.63) is 35.4 Å². The predicted molar refractivity (Wildman–Crippen MR) is 89.9 cm³/mol. The molecule has 1 aromatic carbocycles. The summed E-state index contributed by atoms with van der Waals surface area (Å²) < 4.78 is 0. The minimum absolute atomic E-state index is 0.0284. The second-order valence-electron chi connectivity index (χ2n) is 6.47. The normalized spacial score (nSPS) is 11.7. The molecule has 1 N–H and O–H groups in total. The number of benzene rings is 1. The van der Waals surface area contributed by atoms with E-state index in [1.54, 1.807) is 0 Å². The van der Waals surface area contributed by atoms with Crippen molar-refractivity contribution in [2.45, 2.75) is 46.5 Å². The van der Waals surface area contributed by atoms with Crippen LogP contribution in [-0.4, -0.2) is 37.0 Å². The van der Waals surface area contributed by atoms with Gasteiger partial charge in [-0.3, -0.25) is 4.79 Å². The maximum absolute atomic E-state index is 12.2. The Morgan fingerprint density at radius 1 is 1.19 bits per heavy atom. The molecule has 0 spiro atoms. The van der Waals surface area contributed by atoms with Gasteiger partial charge in [-0.1, -0.05) is 46.8 Å². The zero-order valence-electron chi connectivity index (χ0n) is 14.2. The van der Waals surface area contributed by atoms with Crippen molar-refractivity contribution < 1.29 is 4.79 Å². The van der Waals surface area contributed by atoms with E-state index in [2.05, 4.69) is 50.9 Å². The van der Waals surface area contributed by atoms with Crippen molar-refractivity contribution in [1.29, 1.82) is 0 Å². The third-order valence-corrected chi connectivity index (χ3v) is 3.82. The molecule has 1 rings (SSSR count). The van der Waals surface area contributed by atoms with Gasteiger partial charge >= 0.3 is 0 Å². The van der Waals surface area contributed by atoms with Crippen LogP contribution in [0.4, 0.5) is 0 Å². The average molecular weight is 290 g/mol. The summed E-state index contributed by atoms with van der Waals surface area (Å²) in [7, 11) is 0. The van der Waals surface area contributed by atoms with Crippen LogP contribution in [0, 0.1) is 0 Å². The molecule has 0 aliphatic heterocycles. The van der Waals surface area contributed by atoms with Crippen LogP contribution in [0.5, 0.6) is 0 Å². The van der Waals surface area contributed by atoms with Crippen molar-refractivity contribution in [3.63, 3.8) is 0 Å². The standard InChI is InChI=1S/C18H30N2O/c1-6-20(7-2)13-9-12-19-17(21)15-10-8-11-16(14-15)18(3,4)5/h8,10-11,14H,6-7,9,12-13H2,1-5H3,(H,19,21). The SMILES string of the molecule is CCN(CC)CCCNC(=O)c1cccc(C(C)(C)C)c1. The number of carbonyl (C=O) groups excluding carboxylic acids is 1. The number of nitrogens with one attached hydrogen (secondary N) is 1. The van der Waals surface area contributed by atoms with E-state index in [0.29, 0.717) is 0 Å². The minimum atomic E-state index is 0.0284. The van der Waals surface area contributed by atoms with E-state index in [1.165, 1.54) is 5.56 Å². The highest BCUT2D eigenvalue weighted by molar-refractivity contribution is 5.94. The first kappa shape index (κ1) is 17.7. The van der Waals surface area contributed by atoms with Gasteiger partial charge in [-0.05, 0) is 49.2 Å². The van der Waals surface area contributed by atoms with Gasteiger partial charge in [-0.2, -0.15) is 0 Å². The summed E-state index contributed by atoms with van der Waals surface area (Å²) in [5, 5.41) is 3.02. The van der Waals surface area contributed by atoms with Gasteiger partial charge in [0.15, 0.2) is 0 Å². The van der Waals surface area contributed by atoms with E-state index in [1.807, 2.05) is 18.2 Å². The van der Waals surface area contributed by atoms with Gasteiger partial charge in [0.1, 0.15) is 0 Å². The molecule has 0 heterocycles. The van der Waals surface area contributed by atoms with Crippen LogP contribution in [0.2, 0.25) is 0 Å². The van der Waals surface area contributed by atoms with Crippen molar-refractivity contribution in [2.75, 3.05) is 26.2 Å². The Bertz CT molecular complexity index is 445. The van der Waals surface area contributed by atoms with Gasteiger partial charge in [0.25, 0.3) is 5.91 Å². The zero-order valence-corrected chi connectivity index (χ0v) is 14.2. The lowest BCUT2D eigenvalue weighted by molar-refractivity contribution is 0.0951. The first-order chi connectivity index (χ1) is 9.88. The Morgan fingerprint density at radius 2 is 1.86 bits per heavy atom. The zero-order chi connectivity index (χ0) is 15.9. The molecule has 0 saturated heterocycles. The van der Waals surface area contributed by atoms with Gasteiger partial charge in [0.2, 0.25) is 0 Å². The average Bonchev–Trinajstić information content (AvgIpc) is 2.46. The van der Waals surface area contributed by atoms with Crippen LogP contribution in [0.1, 0.15) is 57.0 Å². The van der Waals surface area contributed by atoms with Gasteiger partial charge in [0.05, 0.1) is 0 Å². The number of amides is 1. The second-order valence-corrected chi connectivity index (χ2v) is 6.47. The number of rotatable bonds is 7. The second kappa shape index (κ2) is 8.18. The summed E-state index contributed by atoms with van der Waals surface area (Å²) in [6.07, 6.45) is 0.992. The van der Waals surface area contributed by atoms with Gasteiger partial charge in [-0.25, -0.2) is 0 Å². The summed E-state index contributed by atoms with van der Waals surface area (Å²) in [6, 6.07) is 7.93. The molecule has 0 fully saturated rings. The Labute approximate surface area is 129 Å². The summed E-state index contributed by atoms with van der Waals surface area (Å²) in [6.45, 7) is 14.7. The molecule has 0 radical (unpaired) electrons. The lowest BCUT2D eigenvalue weighted by atomic mass is 9.86. The summed E-state index contributed by atoms with van der Waals surface area (Å²) in [5.74, 6) is 0.0284. The van der Waals surface area contributed by atoms with E-state index < -0.39 is 0 Å². The molecule has 3 nitrogen and oxygen atoms in total. The fraction of sp³-hybridized carbons (Fsp3) is 0.611. The maximum Gasteiger partial charge on any atom is 0.251 e. The molecular weight excluding hydrogens is 260 g/mol. The number of hydrogen-bond acceptors (Lipinski definition) is 2. The molecule has 0 saturated carbocycles. The molecule has 0 aliphatic rings. The maximum atomic E-state index is 12.2. The Kier molecular flexibility index (Phi) is 6.90. The van der Waals surface area contributed by atoms with Gasteiger partial charge in [-0.15, -0.1) is 0 Å². The fourth-order valence-electron chi connectivity index (χ4n) is 2.27. The number of nitrogens with zero attached hydrogens (tertiary/aromatic N) is 1. The first-order valence-electron chi connectivity index (χ1n) is 7.99. The van der Waals surface area contributed by atoms with Crippen LogP contribution in [0.15, 0.2) is 24.3 Å². The highest BCUT2D eigenvalue weighted by atomic mass is 16.1. The largest absolute Gasteiger partial charge is 0.352 e. The topological polar surface area (TPSA) is 32.3 Å². The molecule has 0 unspecified atom stereocenters.